The van der Waals surface area contributed by atoms with E-state index in [2.05, 4.69) is 42.2 Å². The van der Waals surface area contributed by atoms with Crippen molar-refractivity contribution >= 4 is 0 Å². The molecule has 0 saturated carbocycles. The largest absolute Gasteiger partial charge is 0.372 e. The van der Waals surface area contributed by atoms with Crippen LogP contribution in [0.1, 0.15) is 102 Å². The molecular formula is C25H43NO. The van der Waals surface area contributed by atoms with Gasteiger partial charge in [-0.1, -0.05) is 101 Å². The number of unbranched alkanes of at least 4 members (excludes halogenated alkanes) is 9. The molecular weight excluding hydrogens is 330 g/mol. The first-order valence-electron chi connectivity index (χ1n) is 11.8. The third-order valence-corrected chi connectivity index (χ3v) is 5.86. The summed E-state index contributed by atoms with van der Waals surface area (Å²) in [6.07, 6.45) is 18.1. The minimum Gasteiger partial charge on any atom is -0.372 e. The molecule has 2 rings (SSSR count). The molecule has 1 aliphatic rings. The molecule has 1 atom stereocenters. The Hall–Kier alpha value is -0.860. The lowest BCUT2D eigenvalue weighted by atomic mass is 10.1. The van der Waals surface area contributed by atoms with Gasteiger partial charge >= 0.3 is 0 Å². The number of ether oxygens (including phenoxy) is 1. The topological polar surface area (TPSA) is 12.5 Å². The van der Waals surface area contributed by atoms with Gasteiger partial charge in [0.1, 0.15) is 0 Å². The predicted molar refractivity (Wildman–Crippen MR) is 117 cm³/mol. The van der Waals surface area contributed by atoms with Crippen molar-refractivity contribution in [1.82, 2.24) is 4.90 Å². The molecule has 1 fully saturated rings. The van der Waals surface area contributed by atoms with E-state index in [9.17, 15) is 0 Å². The highest BCUT2D eigenvalue weighted by molar-refractivity contribution is 5.18. The molecule has 0 bridgehead atoms. The van der Waals surface area contributed by atoms with Crippen LogP contribution < -0.4 is 0 Å². The van der Waals surface area contributed by atoms with Gasteiger partial charge in [-0.25, -0.2) is 0 Å². The minimum atomic E-state index is 0.239. The van der Waals surface area contributed by atoms with Crippen molar-refractivity contribution in [1.29, 1.82) is 0 Å². The zero-order valence-electron chi connectivity index (χ0n) is 17.8. The molecule has 2 nitrogen and oxygen atoms in total. The van der Waals surface area contributed by atoms with Crippen LogP contribution in [-0.2, 0) is 4.74 Å². The molecule has 1 unspecified atom stereocenters. The Balaban J connectivity index is 1.58. The molecule has 0 spiro atoms. The van der Waals surface area contributed by atoms with Crippen molar-refractivity contribution in [2.24, 2.45) is 0 Å². The van der Waals surface area contributed by atoms with Gasteiger partial charge in [-0.05, 0) is 37.9 Å². The Bertz CT molecular complexity index is 441. The van der Waals surface area contributed by atoms with E-state index >= 15 is 0 Å². The fourth-order valence-corrected chi connectivity index (χ4v) is 4.11. The van der Waals surface area contributed by atoms with Gasteiger partial charge in [-0.3, -0.25) is 0 Å². The normalized spacial score (nSPS) is 16.5. The van der Waals surface area contributed by atoms with Crippen LogP contribution in [-0.4, -0.2) is 31.1 Å². The van der Waals surface area contributed by atoms with Crippen molar-refractivity contribution < 1.29 is 4.74 Å². The van der Waals surface area contributed by atoms with E-state index in [4.69, 9.17) is 4.74 Å². The van der Waals surface area contributed by atoms with E-state index in [1.54, 1.807) is 0 Å². The summed E-state index contributed by atoms with van der Waals surface area (Å²) in [7, 11) is 0. The zero-order chi connectivity index (χ0) is 19.0. The molecule has 0 aromatic heterocycles. The number of likely N-dealkylation sites (tertiary alicyclic amines) is 1. The smallest absolute Gasteiger partial charge is 0.0951 e. The van der Waals surface area contributed by atoms with Crippen LogP contribution in [0.5, 0.6) is 0 Å². The lowest BCUT2D eigenvalue weighted by Gasteiger charge is -2.30. The second kappa shape index (κ2) is 15.1. The number of nitrogens with zero attached hydrogens (tertiary/aromatic N) is 1. The molecule has 1 aromatic rings. The third-order valence-electron chi connectivity index (χ3n) is 5.86. The maximum Gasteiger partial charge on any atom is 0.0951 e. The lowest BCUT2D eigenvalue weighted by Crippen LogP contribution is -2.34. The summed E-state index contributed by atoms with van der Waals surface area (Å²) < 4.78 is 6.36. The number of hydrogen-bond acceptors (Lipinski definition) is 2. The van der Waals surface area contributed by atoms with Gasteiger partial charge in [0.25, 0.3) is 0 Å². The standard InChI is InChI=1S/C25H43NO/c1-2-3-4-5-6-7-8-9-10-17-22-27-25(24-18-13-11-14-19-24)23-26-20-15-12-16-21-26/h11,13-14,18-19,25H,2-10,12,15-17,20-23H2,1H3. The highest BCUT2D eigenvalue weighted by Gasteiger charge is 2.18. The van der Waals surface area contributed by atoms with Gasteiger partial charge in [-0.15, -0.1) is 0 Å². The molecule has 0 amide bonds. The van der Waals surface area contributed by atoms with Crippen LogP contribution in [0.3, 0.4) is 0 Å². The Morgan fingerprint density at radius 3 is 2.00 bits per heavy atom. The van der Waals surface area contributed by atoms with E-state index in [-0.39, 0.29) is 6.10 Å². The van der Waals surface area contributed by atoms with E-state index in [1.165, 1.54) is 102 Å². The minimum absolute atomic E-state index is 0.239. The van der Waals surface area contributed by atoms with E-state index in [0.29, 0.717) is 0 Å². The van der Waals surface area contributed by atoms with Crippen molar-refractivity contribution in [3.05, 3.63) is 35.9 Å². The quantitative estimate of drug-likeness (QED) is 0.303. The molecule has 2 heteroatoms. The van der Waals surface area contributed by atoms with Crippen LogP contribution in [0, 0.1) is 0 Å². The maximum atomic E-state index is 6.36. The molecule has 0 N–H and O–H groups in total. The number of piperidine rings is 1. The van der Waals surface area contributed by atoms with Crippen molar-refractivity contribution in [2.45, 2.75) is 96.5 Å². The van der Waals surface area contributed by atoms with Gasteiger partial charge in [0, 0.05) is 13.2 Å². The van der Waals surface area contributed by atoms with Crippen LogP contribution >= 0.6 is 0 Å². The molecule has 1 saturated heterocycles. The highest BCUT2D eigenvalue weighted by atomic mass is 16.5. The Kier molecular flexibility index (Phi) is 12.6. The lowest BCUT2D eigenvalue weighted by molar-refractivity contribution is 0.0186. The third kappa shape index (κ3) is 10.3. The molecule has 1 aromatic carbocycles. The summed E-state index contributed by atoms with van der Waals surface area (Å²) in [6.45, 7) is 6.73. The summed E-state index contributed by atoms with van der Waals surface area (Å²) in [5.74, 6) is 0. The van der Waals surface area contributed by atoms with E-state index < -0.39 is 0 Å². The van der Waals surface area contributed by atoms with Gasteiger partial charge in [0.05, 0.1) is 6.10 Å². The second-order valence-electron chi connectivity index (χ2n) is 8.31. The first-order chi connectivity index (χ1) is 13.4. The monoisotopic (exact) mass is 373 g/mol. The average Bonchev–Trinajstić information content (AvgIpc) is 2.72. The second-order valence-corrected chi connectivity index (χ2v) is 8.31. The Morgan fingerprint density at radius 2 is 1.37 bits per heavy atom. The molecule has 0 radical (unpaired) electrons. The van der Waals surface area contributed by atoms with E-state index in [0.717, 1.165) is 13.2 Å². The Labute approximate surface area is 168 Å². The summed E-state index contributed by atoms with van der Waals surface area (Å²) in [4.78, 5) is 2.60. The summed E-state index contributed by atoms with van der Waals surface area (Å²) in [5, 5.41) is 0. The number of hydrogen-bond donors (Lipinski definition) is 0. The van der Waals surface area contributed by atoms with Gasteiger partial charge in [0.2, 0.25) is 0 Å². The number of benzene rings is 1. The summed E-state index contributed by atoms with van der Waals surface area (Å²) in [6, 6.07) is 10.8. The zero-order valence-corrected chi connectivity index (χ0v) is 17.8. The summed E-state index contributed by atoms with van der Waals surface area (Å²) >= 11 is 0. The van der Waals surface area contributed by atoms with Gasteiger partial charge < -0.3 is 9.64 Å². The average molecular weight is 374 g/mol. The molecule has 1 heterocycles. The van der Waals surface area contributed by atoms with Gasteiger partial charge in [0.15, 0.2) is 0 Å². The SMILES string of the molecule is CCCCCCCCCCCCOC(CN1CCCCC1)c1ccccc1. The van der Waals surface area contributed by atoms with Crippen LogP contribution in [0.2, 0.25) is 0 Å². The molecule has 0 aliphatic carbocycles. The van der Waals surface area contributed by atoms with Crippen LogP contribution in [0.25, 0.3) is 0 Å². The van der Waals surface area contributed by atoms with Crippen molar-refractivity contribution in [3.8, 4) is 0 Å². The van der Waals surface area contributed by atoms with Gasteiger partial charge in [-0.2, -0.15) is 0 Å². The molecule has 154 valence electrons. The first-order valence-corrected chi connectivity index (χ1v) is 11.8. The van der Waals surface area contributed by atoms with Crippen LogP contribution in [0.4, 0.5) is 0 Å². The van der Waals surface area contributed by atoms with E-state index in [1.807, 2.05) is 0 Å². The Morgan fingerprint density at radius 1 is 0.778 bits per heavy atom. The highest BCUT2D eigenvalue weighted by Crippen LogP contribution is 2.21. The first kappa shape index (κ1) is 22.4. The van der Waals surface area contributed by atoms with Crippen molar-refractivity contribution in [2.75, 3.05) is 26.2 Å². The fraction of sp³-hybridized carbons (Fsp3) is 0.760. The fourth-order valence-electron chi connectivity index (χ4n) is 4.11. The van der Waals surface area contributed by atoms with Crippen molar-refractivity contribution in [3.63, 3.8) is 0 Å². The predicted octanol–water partition coefficient (Wildman–Crippen LogP) is 7.15. The molecule has 27 heavy (non-hydrogen) atoms. The maximum absolute atomic E-state index is 6.36. The van der Waals surface area contributed by atoms with Crippen LogP contribution in [0.15, 0.2) is 30.3 Å². The number of rotatable bonds is 15. The summed E-state index contributed by atoms with van der Waals surface area (Å²) in [5.41, 5.74) is 1.34. The molecule has 1 aliphatic heterocycles.